The van der Waals surface area contributed by atoms with Crippen LogP contribution in [0.4, 0.5) is 0 Å². The van der Waals surface area contributed by atoms with Crippen molar-refractivity contribution >= 4 is 0 Å². The van der Waals surface area contributed by atoms with Crippen molar-refractivity contribution in [3.8, 4) is 0 Å². The molecule has 1 aliphatic rings. The van der Waals surface area contributed by atoms with Crippen molar-refractivity contribution in [2.45, 2.75) is 39.7 Å². The van der Waals surface area contributed by atoms with Gasteiger partial charge in [-0.2, -0.15) is 0 Å². The Labute approximate surface area is 70.3 Å². The molecule has 0 saturated carbocycles. The summed E-state index contributed by atoms with van der Waals surface area (Å²) in [4.78, 5) is 0. The molecule has 68 valence electrons. The molecule has 2 nitrogen and oxygen atoms in total. The second-order valence-electron chi connectivity index (χ2n) is 3.57. The minimum absolute atomic E-state index is 0.207. The molecule has 11 heavy (non-hydrogen) atoms. The molecule has 0 bridgehead atoms. The summed E-state index contributed by atoms with van der Waals surface area (Å²) in [7, 11) is 0. The first-order valence-corrected chi connectivity index (χ1v) is 4.45. The van der Waals surface area contributed by atoms with Crippen LogP contribution < -0.4 is 5.32 Å². The van der Waals surface area contributed by atoms with Gasteiger partial charge in [0.25, 0.3) is 0 Å². The fourth-order valence-electron chi connectivity index (χ4n) is 0.840. The lowest BCUT2D eigenvalue weighted by atomic mass is 10.1. The fraction of sp³-hybridized carbons (Fsp3) is 1.00. The van der Waals surface area contributed by atoms with Crippen LogP contribution >= 0.6 is 0 Å². The highest BCUT2D eigenvalue weighted by Crippen LogP contribution is 2.04. The topological polar surface area (TPSA) is 21.3 Å². The van der Waals surface area contributed by atoms with Gasteiger partial charge in [0.05, 0.1) is 13.2 Å². The highest BCUT2D eigenvalue weighted by atomic mass is 16.5. The van der Waals surface area contributed by atoms with E-state index in [1.54, 1.807) is 0 Å². The van der Waals surface area contributed by atoms with Crippen LogP contribution in [0.15, 0.2) is 0 Å². The van der Waals surface area contributed by atoms with Gasteiger partial charge in [0, 0.05) is 12.1 Å². The van der Waals surface area contributed by atoms with Crippen molar-refractivity contribution < 1.29 is 4.74 Å². The Morgan fingerprint density at radius 1 is 1.36 bits per heavy atom. The van der Waals surface area contributed by atoms with E-state index in [4.69, 9.17) is 4.74 Å². The lowest BCUT2D eigenvalue weighted by molar-refractivity contribution is 0.0436. The number of rotatable bonds is 0. The van der Waals surface area contributed by atoms with Crippen LogP contribution in [0, 0.1) is 0 Å². The predicted molar refractivity (Wildman–Crippen MR) is 48.9 cm³/mol. The summed E-state index contributed by atoms with van der Waals surface area (Å²) in [5.41, 5.74) is 0.207. The van der Waals surface area contributed by atoms with Crippen molar-refractivity contribution in [2.24, 2.45) is 0 Å². The quantitative estimate of drug-likeness (QED) is 0.582. The van der Waals surface area contributed by atoms with Gasteiger partial charge >= 0.3 is 0 Å². The average molecular weight is 159 g/mol. The molecule has 1 N–H and O–H groups in total. The van der Waals surface area contributed by atoms with Gasteiger partial charge in [-0.3, -0.25) is 0 Å². The highest BCUT2D eigenvalue weighted by Gasteiger charge is 2.19. The van der Waals surface area contributed by atoms with Crippen molar-refractivity contribution in [2.75, 3.05) is 19.8 Å². The molecule has 1 aliphatic heterocycles. The summed E-state index contributed by atoms with van der Waals surface area (Å²) >= 11 is 0. The molecule has 1 saturated heterocycles. The SMILES string of the molecule is CC1(C)COCCN1.CCC. The Morgan fingerprint density at radius 3 is 2.09 bits per heavy atom. The molecule has 0 unspecified atom stereocenters. The third kappa shape index (κ3) is 6.32. The molecule has 1 rings (SSSR count). The van der Waals surface area contributed by atoms with E-state index in [1.165, 1.54) is 6.42 Å². The van der Waals surface area contributed by atoms with E-state index in [-0.39, 0.29) is 5.54 Å². The van der Waals surface area contributed by atoms with Gasteiger partial charge in [-0.15, -0.1) is 0 Å². The number of morpholine rings is 1. The molecule has 1 fully saturated rings. The molecular weight excluding hydrogens is 138 g/mol. The van der Waals surface area contributed by atoms with Crippen LogP contribution in [0.5, 0.6) is 0 Å². The van der Waals surface area contributed by atoms with E-state index in [9.17, 15) is 0 Å². The van der Waals surface area contributed by atoms with E-state index in [0.717, 1.165) is 19.8 Å². The summed E-state index contributed by atoms with van der Waals surface area (Å²) < 4.78 is 5.22. The van der Waals surface area contributed by atoms with Crippen molar-refractivity contribution in [1.82, 2.24) is 5.32 Å². The summed E-state index contributed by atoms with van der Waals surface area (Å²) in [6.45, 7) is 11.2. The molecular formula is C9H21NO. The number of nitrogens with one attached hydrogen (secondary N) is 1. The summed E-state index contributed by atoms with van der Waals surface area (Å²) in [5, 5.41) is 3.33. The van der Waals surface area contributed by atoms with Crippen LogP contribution in [0.3, 0.4) is 0 Å². The maximum atomic E-state index is 5.22. The summed E-state index contributed by atoms with van der Waals surface area (Å²) in [5.74, 6) is 0. The Balaban J connectivity index is 0.000000292. The van der Waals surface area contributed by atoms with E-state index in [2.05, 4.69) is 33.0 Å². The normalized spacial score (nSPS) is 21.8. The molecule has 0 aliphatic carbocycles. The van der Waals surface area contributed by atoms with Crippen LogP contribution in [-0.2, 0) is 4.74 Å². The van der Waals surface area contributed by atoms with Gasteiger partial charge in [-0.05, 0) is 13.8 Å². The van der Waals surface area contributed by atoms with Gasteiger partial charge in [-0.1, -0.05) is 20.3 Å². The Morgan fingerprint density at radius 2 is 1.91 bits per heavy atom. The zero-order chi connectivity index (χ0) is 8.74. The first-order valence-electron chi connectivity index (χ1n) is 4.45. The van der Waals surface area contributed by atoms with Crippen molar-refractivity contribution in [1.29, 1.82) is 0 Å². The van der Waals surface area contributed by atoms with E-state index < -0.39 is 0 Å². The molecule has 0 radical (unpaired) electrons. The van der Waals surface area contributed by atoms with Gasteiger partial charge in [0.2, 0.25) is 0 Å². The monoisotopic (exact) mass is 159 g/mol. The first kappa shape index (κ1) is 10.9. The van der Waals surface area contributed by atoms with Crippen LogP contribution in [0.25, 0.3) is 0 Å². The highest BCUT2D eigenvalue weighted by molar-refractivity contribution is 4.79. The average Bonchev–Trinajstić information content (AvgIpc) is 1.88. The second kappa shape index (κ2) is 5.56. The maximum Gasteiger partial charge on any atom is 0.0643 e. The Kier molecular flexibility index (Phi) is 5.51. The largest absolute Gasteiger partial charge is 0.378 e. The standard InChI is InChI=1S/C6H13NO.C3H8/c1-6(2)5-8-4-3-7-6;1-3-2/h7H,3-5H2,1-2H3;3H2,1-2H3. The minimum Gasteiger partial charge on any atom is -0.378 e. The third-order valence-electron chi connectivity index (χ3n) is 1.31. The molecule has 0 aromatic rings. The van der Waals surface area contributed by atoms with E-state index >= 15 is 0 Å². The molecule has 0 amide bonds. The molecule has 1 heterocycles. The van der Waals surface area contributed by atoms with Crippen molar-refractivity contribution in [3.63, 3.8) is 0 Å². The van der Waals surface area contributed by atoms with Crippen LogP contribution in [0.2, 0.25) is 0 Å². The second-order valence-corrected chi connectivity index (χ2v) is 3.57. The van der Waals surface area contributed by atoms with Crippen LogP contribution in [-0.4, -0.2) is 25.3 Å². The lowest BCUT2D eigenvalue weighted by Crippen LogP contribution is -2.49. The minimum atomic E-state index is 0.207. The molecule has 0 aromatic heterocycles. The molecule has 2 heteroatoms. The smallest absolute Gasteiger partial charge is 0.0643 e. The third-order valence-corrected chi connectivity index (χ3v) is 1.31. The molecule has 0 spiro atoms. The van der Waals surface area contributed by atoms with E-state index in [1.807, 2.05) is 0 Å². The fourth-order valence-corrected chi connectivity index (χ4v) is 0.840. The van der Waals surface area contributed by atoms with Crippen LogP contribution in [0.1, 0.15) is 34.1 Å². The summed E-state index contributed by atoms with van der Waals surface area (Å²) in [6.07, 6.45) is 1.25. The lowest BCUT2D eigenvalue weighted by Gasteiger charge is -2.30. The van der Waals surface area contributed by atoms with Gasteiger partial charge in [0.1, 0.15) is 0 Å². The summed E-state index contributed by atoms with van der Waals surface area (Å²) in [6, 6.07) is 0. The van der Waals surface area contributed by atoms with E-state index in [0.29, 0.717) is 0 Å². The number of hydrogen-bond donors (Lipinski definition) is 1. The molecule has 0 atom stereocenters. The zero-order valence-electron chi connectivity index (χ0n) is 8.24. The number of ether oxygens (including phenoxy) is 1. The van der Waals surface area contributed by atoms with Gasteiger partial charge in [-0.25, -0.2) is 0 Å². The zero-order valence-corrected chi connectivity index (χ0v) is 8.24. The number of hydrogen-bond acceptors (Lipinski definition) is 2. The van der Waals surface area contributed by atoms with Gasteiger partial charge in [0.15, 0.2) is 0 Å². The maximum absolute atomic E-state index is 5.22. The Hall–Kier alpha value is -0.0800. The first-order chi connectivity index (χ1) is 5.12. The molecule has 0 aromatic carbocycles. The van der Waals surface area contributed by atoms with Gasteiger partial charge < -0.3 is 10.1 Å². The Bertz CT molecular complexity index is 83.6. The predicted octanol–water partition coefficient (Wildman–Crippen LogP) is 1.80. The van der Waals surface area contributed by atoms with Crippen molar-refractivity contribution in [3.05, 3.63) is 0 Å².